The van der Waals surface area contributed by atoms with E-state index in [4.69, 9.17) is 4.74 Å². The molecule has 2 nitrogen and oxygen atoms in total. The van der Waals surface area contributed by atoms with Gasteiger partial charge in [-0.05, 0) is 38.5 Å². The minimum atomic E-state index is -4.29. The van der Waals surface area contributed by atoms with E-state index in [0.29, 0.717) is 6.61 Å². The SMILES string of the molecule is COCC(C)(C)NC(C)c1ccc(C(F)(F)F)cc1. The van der Waals surface area contributed by atoms with Crippen LogP contribution >= 0.6 is 0 Å². The molecule has 0 aliphatic rings. The van der Waals surface area contributed by atoms with Crippen molar-refractivity contribution in [3.63, 3.8) is 0 Å². The monoisotopic (exact) mass is 275 g/mol. The van der Waals surface area contributed by atoms with E-state index in [1.165, 1.54) is 12.1 Å². The fourth-order valence-electron chi connectivity index (χ4n) is 2.03. The van der Waals surface area contributed by atoms with Crippen molar-refractivity contribution >= 4 is 0 Å². The summed E-state index contributed by atoms with van der Waals surface area (Å²) in [5.74, 6) is 0. The number of benzene rings is 1. The normalized spacial score (nSPS) is 14.5. The number of alkyl halides is 3. The van der Waals surface area contributed by atoms with Gasteiger partial charge in [0.05, 0.1) is 12.2 Å². The Balaban J connectivity index is 2.76. The van der Waals surface area contributed by atoms with E-state index in [1.54, 1.807) is 7.11 Å². The van der Waals surface area contributed by atoms with E-state index in [2.05, 4.69) is 5.32 Å². The highest BCUT2D eigenvalue weighted by Gasteiger charge is 2.30. The van der Waals surface area contributed by atoms with Crippen LogP contribution in [0, 0.1) is 0 Å². The number of halogens is 3. The van der Waals surface area contributed by atoms with Crippen LogP contribution in [0.5, 0.6) is 0 Å². The van der Waals surface area contributed by atoms with Crippen molar-refractivity contribution in [3.8, 4) is 0 Å². The van der Waals surface area contributed by atoms with Crippen LogP contribution in [0.1, 0.15) is 37.9 Å². The molecule has 1 N–H and O–H groups in total. The molecule has 1 atom stereocenters. The van der Waals surface area contributed by atoms with E-state index in [1.807, 2.05) is 20.8 Å². The molecule has 0 radical (unpaired) electrons. The molecule has 0 amide bonds. The molecule has 0 saturated carbocycles. The lowest BCUT2D eigenvalue weighted by Gasteiger charge is -2.30. The molecule has 19 heavy (non-hydrogen) atoms. The molecule has 0 aromatic heterocycles. The number of rotatable bonds is 5. The van der Waals surface area contributed by atoms with Crippen LogP contribution < -0.4 is 5.32 Å². The Hall–Kier alpha value is -1.07. The third-order valence-electron chi connectivity index (χ3n) is 2.85. The highest BCUT2D eigenvalue weighted by Crippen LogP contribution is 2.30. The quantitative estimate of drug-likeness (QED) is 0.883. The van der Waals surface area contributed by atoms with Gasteiger partial charge in [-0.3, -0.25) is 0 Å². The highest BCUT2D eigenvalue weighted by molar-refractivity contribution is 5.26. The summed E-state index contributed by atoms with van der Waals surface area (Å²) in [5, 5.41) is 3.33. The maximum Gasteiger partial charge on any atom is 0.416 e. The smallest absolute Gasteiger partial charge is 0.383 e. The lowest BCUT2D eigenvalue weighted by Crippen LogP contribution is -2.44. The van der Waals surface area contributed by atoms with Gasteiger partial charge in [0.2, 0.25) is 0 Å². The largest absolute Gasteiger partial charge is 0.416 e. The summed E-state index contributed by atoms with van der Waals surface area (Å²) in [6, 6.07) is 5.17. The van der Waals surface area contributed by atoms with Gasteiger partial charge in [-0.2, -0.15) is 13.2 Å². The summed E-state index contributed by atoms with van der Waals surface area (Å²) in [7, 11) is 1.62. The van der Waals surface area contributed by atoms with Crippen molar-refractivity contribution < 1.29 is 17.9 Å². The molecule has 0 heterocycles. The summed E-state index contributed by atoms with van der Waals surface area (Å²) in [5.41, 5.74) is -0.0478. The Kier molecular flexibility index (Phi) is 4.98. The average molecular weight is 275 g/mol. The standard InChI is InChI=1S/C14H20F3NO/c1-10(18-13(2,3)9-19-4)11-5-7-12(8-6-11)14(15,16)17/h5-8,10,18H,9H2,1-4H3. The van der Waals surface area contributed by atoms with Crippen molar-refractivity contribution in [3.05, 3.63) is 35.4 Å². The maximum atomic E-state index is 12.5. The molecule has 0 fully saturated rings. The topological polar surface area (TPSA) is 21.3 Å². The van der Waals surface area contributed by atoms with Gasteiger partial charge in [0.1, 0.15) is 0 Å². The molecular weight excluding hydrogens is 255 g/mol. The minimum absolute atomic E-state index is 0.0487. The summed E-state index contributed by atoms with van der Waals surface area (Å²) in [6.07, 6.45) is -4.29. The first-order valence-electron chi connectivity index (χ1n) is 6.09. The molecule has 1 aromatic rings. The highest BCUT2D eigenvalue weighted by atomic mass is 19.4. The number of methoxy groups -OCH3 is 1. The zero-order chi connectivity index (χ0) is 14.7. The minimum Gasteiger partial charge on any atom is -0.383 e. The van der Waals surface area contributed by atoms with E-state index in [9.17, 15) is 13.2 Å². The Labute approximate surface area is 112 Å². The number of hydrogen-bond acceptors (Lipinski definition) is 2. The molecule has 1 rings (SSSR count). The van der Waals surface area contributed by atoms with Crippen LogP contribution in [-0.4, -0.2) is 19.3 Å². The van der Waals surface area contributed by atoms with Crippen molar-refractivity contribution in [2.24, 2.45) is 0 Å². The third kappa shape index (κ3) is 4.84. The Morgan fingerprint density at radius 1 is 1.16 bits per heavy atom. The predicted octanol–water partition coefficient (Wildman–Crippen LogP) is 3.78. The van der Waals surface area contributed by atoms with E-state index in [-0.39, 0.29) is 11.6 Å². The van der Waals surface area contributed by atoms with Crippen LogP contribution in [-0.2, 0) is 10.9 Å². The van der Waals surface area contributed by atoms with Gasteiger partial charge in [-0.25, -0.2) is 0 Å². The first kappa shape index (κ1) is 16.0. The second-order valence-electron chi connectivity index (χ2n) is 5.30. The molecular formula is C14H20F3NO. The van der Waals surface area contributed by atoms with E-state index in [0.717, 1.165) is 17.7 Å². The van der Waals surface area contributed by atoms with Gasteiger partial charge in [0, 0.05) is 18.7 Å². The first-order valence-corrected chi connectivity index (χ1v) is 6.09. The molecule has 108 valence electrons. The van der Waals surface area contributed by atoms with Crippen molar-refractivity contribution in [1.29, 1.82) is 0 Å². The molecule has 1 unspecified atom stereocenters. The molecule has 0 spiro atoms. The van der Waals surface area contributed by atoms with Gasteiger partial charge in [-0.1, -0.05) is 12.1 Å². The Morgan fingerprint density at radius 3 is 2.11 bits per heavy atom. The summed E-state index contributed by atoms with van der Waals surface area (Å²) >= 11 is 0. The zero-order valence-electron chi connectivity index (χ0n) is 11.6. The van der Waals surface area contributed by atoms with E-state index < -0.39 is 11.7 Å². The molecule has 0 aliphatic carbocycles. The Bertz CT molecular complexity index is 398. The van der Waals surface area contributed by atoms with Crippen molar-refractivity contribution in [2.45, 2.75) is 38.5 Å². The van der Waals surface area contributed by atoms with Crippen molar-refractivity contribution in [2.75, 3.05) is 13.7 Å². The first-order chi connectivity index (χ1) is 8.65. The second kappa shape index (κ2) is 5.92. The average Bonchev–Trinajstić information content (AvgIpc) is 2.27. The molecule has 0 bridgehead atoms. The summed E-state index contributed by atoms with van der Waals surface area (Å²) < 4.78 is 42.5. The van der Waals surface area contributed by atoms with Gasteiger partial charge < -0.3 is 10.1 Å². The number of nitrogens with one attached hydrogen (secondary N) is 1. The summed E-state index contributed by atoms with van der Waals surface area (Å²) in [4.78, 5) is 0. The zero-order valence-corrected chi connectivity index (χ0v) is 11.6. The molecule has 0 aliphatic heterocycles. The van der Waals surface area contributed by atoms with E-state index >= 15 is 0 Å². The van der Waals surface area contributed by atoms with Crippen LogP contribution in [0.25, 0.3) is 0 Å². The van der Waals surface area contributed by atoms with Crippen LogP contribution in [0.3, 0.4) is 0 Å². The van der Waals surface area contributed by atoms with Crippen LogP contribution in [0.2, 0.25) is 0 Å². The molecule has 1 aromatic carbocycles. The number of ether oxygens (including phenoxy) is 1. The second-order valence-corrected chi connectivity index (χ2v) is 5.30. The van der Waals surface area contributed by atoms with Crippen LogP contribution in [0.4, 0.5) is 13.2 Å². The van der Waals surface area contributed by atoms with Crippen LogP contribution in [0.15, 0.2) is 24.3 Å². The molecule has 0 saturated heterocycles. The lowest BCUT2D eigenvalue weighted by atomic mass is 10.0. The lowest BCUT2D eigenvalue weighted by molar-refractivity contribution is -0.137. The fourth-order valence-corrected chi connectivity index (χ4v) is 2.03. The Morgan fingerprint density at radius 2 is 1.68 bits per heavy atom. The van der Waals surface area contributed by atoms with Gasteiger partial charge >= 0.3 is 6.18 Å². The van der Waals surface area contributed by atoms with Crippen molar-refractivity contribution in [1.82, 2.24) is 5.32 Å². The molecule has 5 heteroatoms. The van der Waals surface area contributed by atoms with Gasteiger partial charge in [-0.15, -0.1) is 0 Å². The predicted molar refractivity (Wildman–Crippen MR) is 68.9 cm³/mol. The number of hydrogen-bond donors (Lipinski definition) is 1. The van der Waals surface area contributed by atoms with Gasteiger partial charge in [0.25, 0.3) is 0 Å². The summed E-state index contributed by atoms with van der Waals surface area (Å²) in [6.45, 7) is 6.41. The maximum absolute atomic E-state index is 12.5. The fraction of sp³-hybridized carbons (Fsp3) is 0.571. The third-order valence-corrected chi connectivity index (χ3v) is 2.85. The van der Waals surface area contributed by atoms with Gasteiger partial charge in [0.15, 0.2) is 0 Å².